The maximum atomic E-state index is 13.7. The Morgan fingerprint density at radius 3 is 2.42 bits per heavy atom. The van der Waals surface area contributed by atoms with Crippen molar-refractivity contribution in [1.82, 2.24) is 10.2 Å². The molecule has 1 fully saturated rings. The molecule has 2 amide bonds. The van der Waals surface area contributed by atoms with E-state index in [4.69, 9.17) is 11.6 Å². The van der Waals surface area contributed by atoms with Crippen molar-refractivity contribution in [1.29, 1.82) is 0 Å². The van der Waals surface area contributed by atoms with Crippen molar-refractivity contribution in [2.24, 2.45) is 0 Å². The summed E-state index contributed by atoms with van der Waals surface area (Å²) >= 11 is 8.03. The smallest absolute Gasteiger partial charge is 0.247 e. The first-order valence-corrected chi connectivity index (χ1v) is 12.8. The molecule has 172 valence electrons. The molecule has 0 radical (unpaired) electrons. The molecule has 1 aromatic heterocycles. The Hall–Kier alpha value is -2.63. The molecule has 1 saturated carbocycles. The molecule has 0 spiro atoms. The highest BCUT2D eigenvalue weighted by atomic mass is 35.5. The molecular formula is C27H29ClN2O2S. The van der Waals surface area contributed by atoms with Crippen LogP contribution in [0.4, 0.5) is 0 Å². The van der Waals surface area contributed by atoms with E-state index in [0.717, 1.165) is 42.4 Å². The molecule has 4 nitrogen and oxygen atoms in total. The Morgan fingerprint density at radius 1 is 1.00 bits per heavy atom. The van der Waals surface area contributed by atoms with Crippen molar-refractivity contribution in [3.63, 3.8) is 0 Å². The van der Waals surface area contributed by atoms with E-state index >= 15 is 0 Å². The predicted molar refractivity (Wildman–Crippen MR) is 134 cm³/mol. The number of thiophene rings is 1. The molecule has 6 heteroatoms. The van der Waals surface area contributed by atoms with Gasteiger partial charge in [-0.1, -0.05) is 79.4 Å². The van der Waals surface area contributed by atoms with Crippen LogP contribution in [-0.2, 0) is 22.6 Å². The Balaban J connectivity index is 1.68. The van der Waals surface area contributed by atoms with Crippen LogP contribution in [0.3, 0.4) is 0 Å². The van der Waals surface area contributed by atoms with Crippen LogP contribution in [0, 0.1) is 0 Å². The van der Waals surface area contributed by atoms with Crippen LogP contribution in [0.25, 0.3) is 0 Å². The van der Waals surface area contributed by atoms with Gasteiger partial charge in [-0.3, -0.25) is 9.59 Å². The third-order valence-corrected chi connectivity index (χ3v) is 7.28. The number of nitrogens with one attached hydrogen (secondary N) is 1. The first-order chi connectivity index (χ1) is 16.1. The van der Waals surface area contributed by atoms with E-state index < -0.39 is 6.04 Å². The first-order valence-electron chi connectivity index (χ1n) is 11.5. The zero-order valence-electron chi connectivity index (χ0n) is 18.6. The van der Waals surface area contributed by atoms with Crippen LogP contribution >= 0.6 is 22.9 Å². The van der Waals surface area contributed by atoms with Gasteiger partial charge in [0, 0.05) is 17.6 Å². The Bertz CT molecular complexity index is 1050. The zero-order chi connectivity index (χ0) is 23.0. The normalized spacial score (nSPS) is 15.1. The maximum Gasteiger partial charge on any atom is 0.247 e. The van der Waals surface area contributed by atoms with Crippen LogP contribution in [0.15, 0.2) is 71.4 Å². The van der Waals surface area contributed by atoms with Crippen molar-refractivity contribution >= 4 is 34.8 Å². The van der Waals surface area contributed by atoms with Crippen LogP contribution in [0.2, 0.25) is 5.02 Å². The van der Waals surface area contributed by atoms with Gasteiger partial charge in [-0.05, 0) is 52.4 Å². The summed E-state index contributed by atoms with van der Waals surface area (Å²) in [5.74, 6) is -0.222. The van der Waals surface area contributed by atoms with Gasteiger partial charge in [-0.15, -0.1) is 0 Å². The monoisotopic (exact) mass is 480 g/mol. The lowest BCUT2D eigenvalue weighted by atomic mass is 9.94. The topological polar surface area (TPSA) is 49.4 Å². The molecule has 0 bridgehead atoms. The fourth-order valence-corrected chi connectivity index (χ4v) is 5.30. The Labute approximate surface area is 204 Å². The molecule has 3 aromatic rings. The molecular weight excluding hydrogens is 452 g/mol. The van der Waals surface area contributed by atoms with Crippen LogP contribution in [-0.4, -0.2) is 22.8 Å². The van der Waals surface area contributed by atoms with Crippen molar-refractivity contribution in [2.75, 3.05) is 0 Å². The second-order valence-electron chi connectivity index (χ2n) is 8.58. The Kier molecular flexibility index (Phi) is 8.19. The number of hydrogen-bond donors (Lipinski definition) is 1. The predicted octanol–water partition coefficient (Wildman–Crippen LogP) is 6.16. The first kappa shape index (κ1) is 23.5. The number of carbonyl (C=O) groups excluding carboxylic acids is 2. The lowest BCUT2D eigenvalue weighted by Gasteiger charge is -2.33. The summed E-state index contributed by atoms with van der Waals surface area (Å²) < 4.78 is 0. The Morgan fingerprint density at radius 2 is 1.73 bits per heavy atom. The summed E-state index contributed by atoms with van der Waals surface area (Å²) in [5.41, 5.74) is 2.58. The summed E-state index contributed by atoms with van der Waals surface area (Å²) in [6.07, 6.45) is 5.68. The number of rotatable bonds is 8. The van der Waals surface area contributed by atoms with E-state index in [9.17, 15) is 9.59 Å². The van der Waals surface area contributed by atoms with Gasteiger partial charge in [-0.2, -0.15) is 11.3 Å². The second-order valence-corrected chi connectivity index (χ2v) is 9.77. The fourth-order valence-electron chi connectivity index (χ4n) is 4.44. The third-order valence-electron chi connectivity index (χ3n) is 6.18. The lowest BCUT2D eigenvalue weighted by Crippen LogP contribution is -2.47. The van der Waals surface area contributed by atoms with Gasteiger partial charge in [0.1, 0.15) is 6.04 Å². The molecule has 1 atom stereocenters. The second kappa shape index (κ2) is 11.5. The van der Waals surface area contributed by atoms with Crippen molar-refractivity contribution in [3.8, 4) is 0 Å². The summed E-state index contributed by atoms with van der Waals surface area (Å²) in [6.45, 7) is 0.264. The van der Waals surface area contributed by atoms with Gasteiger partial charge < -0.3 is 10.2 Å². The number of amides is 2. The van der Waals surface area contributed by atoms with E-state index in [1.54, 1.807) is 16.2 Å². The average Bonchev–Trinajstić information content (AvgIpc) is 3.34. The van der Waals surface area contributed by atoms with Crippen LogP contribution in [0.5, 0.6) is 0 Å². The summed E-state index contributed by atoms with van der Waals surface area (Å²) in [7, 11) is 0. The minimum Gasteiger partial charge on any atom is -0.351 e. The average molecular weight is 481 g/mol. The molecule has 1 heterocycles. The summed E-state index contributed by atoms with van der Waals surface area (Å²) in [6, 6.07) is 18.5. The van der Waals surface area contributed by atoms with Crippen molar-refractivity contribution < 1.29 is 9.59 Å². The van der Waals surface area contributed by atoms with E-state index in [1.165, 1.54) is 6.42 Å². The van der Waals surface area contributed by atoms with Gasteiger partial charge in [0.25, 0.3) is 0 Å². The fraction of sp³-hybridized carbons (Fsp3) is 0.333. The van der Waals surface area contributed by atoms with Crippen molar-refractivity contribution in [3.05, 3.63) is 93.1 Å². The minimum atomic E-state index is -0.726. The minimum absolute atomic E-state index is 0.0963. The highest BCUT2D eigenvalue weighted by Crippen LogP contribution is 2.28. The highest BCUT2D eigenvalue weighted by molar-refractivity contribution is 7.08. The molecule has 0 unspecified atom stereocenters. The number of hydrogen-bond acceptors (Lipinski definition) is 3. The van der Waals surface area contributed by atoms with Gasteiger partial charge in [0.05, 0.1) is 6.42 Å². The summed E-state index contributed by atoms with van der Waals surface area (Å²) in [5, 5.41) is 7.78. The largest absolute Gasteiger partial charge is 0.351 e. The van der Waals surface area contributed by atoms with Gasteiger partial charge in [-0.25, -0.2) is 0 Å². The molecule has 1 N–H and O–H groups in total. The quantitative estimate of drug-likeness (QED) is 0.419. The molecule has 4 rings (SSSR count). The molecule has 0 saturated heterocycles. The molecule has 1 aliphatic rings. The van der Waals surface area contributed by atoms with E-state index in [1.807, 2.05) is 71.4 Å². The SMILES string of the molecule is O=C(NC1CCCCC1)[C@H](c1ccccc1)N(Cc1ccccc1Cl)C(=O)Cc1ccsc1. The van der Waals surface area contributed by atoms with E-state index in [-0.39, 0.29) is 30.8 Å². The standard InChI is InChI=1S/C27H29ClN2O2S/c28-24-14-8-7-11-22(24)18-30(25(31)17-20-15-16-33-19-20)26(21-9-3-1-4-10-21)27(32)29-23-12-5-2-6-13-23/h1,3-4,7-11,14-16,19,23,26H,2,5-6,12-13,17-18H2,(H,29,32)/t26-/m0/s1. The van der Waals surface area contributed by atoms with Gasteiger partial charge >= 0.3 is 0 Å². The number of nitrogens with zero attached hydrogens (tertiary/aromatic N) is 1. The summed E-state index contributed by atoms with van der Waals surface area (Å²) in [4.78, 5) is 29.0. The maximum absolute atomic E-state index is 13.7. The number of carbonyl (C=O) groups is 2. The zero-order valence-corrected chi connectivity index (χ0v) is 20.2. The molecule has 33 heavy (non-hydrogen) atoms. The van der Waals surface area contributed by atoms with E-state index in [2.05, 4.69) is 5.32 Å². The number of halogens is 1. The van der Waals surface area contributed by atoms with Gasteiger partial charge in [0.2, 0.25) is 11.8 Å². The van der Waals surface area contributed by atoms with Crippen molar-refractivity contribution in [2.45, 2.75) is 57.2 Å². The molecule has 0 aliphatic heterocycles. The third kappa shape index (κ3) is 6.24. The van der Waals surface area contributed by atoms with Gasteiger partial charge in [0.15, 0.2) is 0 Å². The van der Waals surface area contributed by atoms with E-state index in [0.29, 0.717) is 5.02 Å². The van der Waals surface area contributed by atoms with Crippen LogP contribution in [0.1, 0.15) is 54.8 Å². The highest BCUT2D eigenvalue weighted by Gasteiger charge is 2.33. The molecule has 2 aromatic carbocycles. The number of benzene rings is 2. The molecule has 1 aliphatic carbocycles. The van der Waals surface area contributed by atoms with Crippen LogP contribution < -0.4 is 5.32 Å². The lowest BCUT2D eigenvalue weighted by molar-refractivity contribution is -0.141.